The summed E-state index contributed by atoms with van der Waals surface area (Å²) in [5, 5.41) is 10.2. The first-order chi connectivity index (χ1) is 6.63. The van der Waals surface area contributed by atoms with Gasteiger partial charge in [-0.25, -0.2) is 5.84 Å². The van der Waals surface area contributed by atoms with Crippen molar-refractivity contribution in [1.29, 1.82) is 0 Å². The molecular weight excluding hydrogens is 190 g/mol. The fraction of sp³-hybridized carbons (Fsp3) is 0.333. The Labute approximate surface area is 78.8 Å². The summed E-state index contributed by atoms with van der Waals surface area (Å²) in [5.74, 6) is 4.29. The number of rotatable bonds is 4. The third-order valence-corrected chi connectivity index (χ3v) is 1.56. The van der Waals surface area contributed by atoms with Crippen molar-refractivity contribution in [2.75, 3.05) is 0 Å². The quantitative estimate of drug-likeness (QED) is 0.284. The molecule has 1 amide bonds. The number of aryl methyl sites for hydroxylation is 1. The molecule has 14 heavy (non-hydrogen) atoms. The van der Waals surface area contributed by atoms with E-state index in [9.17, 15) is 14.9 Å². The lowest BCUT2D eigenvalue weighted by Crippen LogP contribution is -2.30. The van der Waals surface area contributed by atoms with Crippen LogP contribution in [0.1, 0.15) is 6.42 Å². The number of nitrogens with two attached hydrogens (primary N) is 1. The van der Waals surface area contributed by atoms with Gasteiger partial charge in [-0.15, -0.1) is 0 Å². The number of hydrogen-bond acceptors (Lipinski definition) is 5. The van der Waals surface area contributed by atoms with Crippen LogP contribution < -0.4 is 11.3 Å². The molecule has 3 N–H and O–H groups in total. The van der Waals surface area contributed by atoms with Crippen LogP contribution in [0.15, 0.2) is 12.5 Å². The molecule has 1 aromatic rings. The van der Waals surface area contributed by atoms with Crippen LogP contribution in [0.5, 0.6) is 0 Å². The molecule has 0 aliphatic rings. The number of nitrogens with zero attached hydrogens (tertiary/aromatic N) is 3. The van der Waals surface area contributed by atoms with Crippen LogP contribution in [0.2, 0.25) is 0 Å². The molecule has 0 bridgehead atoms. The Bertz CT molecular complexity index is 347. The van der Waals surface area contributed by atoms with Crippen molar-refractivity contribution in [3.63, 3.8) is 0 Å². The first-order valence-electron chi connectivity index (χ1n) is 3.79. The molecule has 0 unspecified atom stereocenters. The fourth-order valence-corrected chi connectivity index (χ4v) is 0.868. The summed E-state index contributed by atoms with van der Waals surface area (Å²) in [5.41, 5.74) is 1.96. The zero-order chi connectivity index (χ0) is 10.6. The Morgan fingerprint density at radius 3 is 3.00 bits per heavy atom. The second-order valence-electron chi connectivity index (χ2n) is 2.54. The molecule has 0 saturated heterocycles. The van der Waals surface area contributed by atoms with Crippen molar-refractivity contribution < 1.29 is 9.72 Å². The number of hydrogen-bond donors (Lipinski definition) is 2. The zero-order valence-electron chi connectivity index (χ0n) is 7.21. The van der Waals surface area contributed by atoms with Gasteiger partial charge in [0.2, 0.25) is 12.2 Å². The predicted molar refractivity (Wildman–Crippen MR) is 45.8 cm³/mol. The van der Waals surface area contributed by atoms with E-state index in [-0.39, 0.29) is 18.1 Å². The maximum Gasteiger partial charge on any atom is 0.381 e. The number of nitro groups is 1. The van der Waals surface area contributed by atoms with Crippen molar-refractivity contribution in [2.45, 2.75) is 13.0 Å². The van der Waals surface area contributed by atoms with E-state index in [2.05, 4.69) is 4.98 Å². The van der Waals surface area contributed by atoms with Crippen LogP contribution in [0.25, 0.3) is 0 Å². The van der Waals surface area contributed by atoms with Gasteiger partial charge in [0.1, 0.15) is 6.20 Å². The molecule has 8 nitrogen and oxygen atoms in total. The maximum absolute atomic E-state index is 10.7. The minimum absolute atomic E-state index is 0.157. The van der Waals surface area contributed by atoms with Crippen LogP contribution in [0.3, 0.4) is 0 Å². The number of aromatic nitrogens is 2. The molecule has 0 saturated carbocycles. The molecule has 0 radical (unpaired) electrons. The van der Waals surface area contributed by atoms with Gasteiger partial charge in [-0.05, 0) is 9.91 Å². The topological polar surface area (TPSA) is 116 Å². The summed E-state index contributed by atoms with van der Waals surface area (Å²) in [6.07, 6.45) is 2.70. The van der Waals surface area contributed by atoms with E-state index in [0.29, 0.717) is 6.54 Å². The fourth-order valence-electron chi connectivity index (χ4n) is 0.868. The van der Waals surface area contributed by atoms with Gasteiger partial charge in [-0.1, -0.05) is 0 Å². The van der Waals surface area contributed by atoms with E-state index in [1.54, 1.807) is 0 Å². The highest BCUT2D eigenvalue weighted by atomic mass is 16.6. The van der Waals surface area contributed by atoms with E-state index in [1.165, 1.54) is 17.1 Å². The molecule has 1 rings (SSSR count). The van der Waals surface area contributed by atoms with Crippen molar-refractivity contribution in [1.82, 2.24) is 15.0 Å². The highest BCUT2D eigenvalue weighted by Gasteiger charge is 2.09. The first-order valence-corrected chi connectivity index (χ1v) is 3.79. The standard InChI is InChI=1S/C6H9N5O3/c7-9-6(12)1-2-10-3-5(8-4-10)11(13)14/h3-4H,1-2,7H2,(H,9,12). The van der Waals surface area contributed by atoms with Crippen molar-refractivity contribution in [3.8, 4) is 0 Å². The smallest absolute Gasteiger partial charge is 0.358 e. The van der Waals surface area contributed by atoms with Gasteiger partial charge < -0.3 is 14.7 Å². The van der Waals surface area contributed by atoms with Gasteiger partial charge in [0, 0.05) is 13.0 Å². The monoisotopic (exact) mass is 199 g/mol. The largest absolute Gasteiger partial charge is 0.381 e. The summed E-state index contributed by atoms with van der Waals surface area (Å²) in [6, 6.07) is 0. The van der Waals surface area contributed by atoms with E-state index in [0.717, 1.165) is 0 Å². The van der Waals surface area contributed by atoms with Gasteiger partial charge in [0.25, 0.3) is 0 Å². The highest BCUT2D eigenvalue weighted by molar-refractivity contribution is 5.74. The Morgan fingerprint density at radius 1 is 1.79 bits per heavy atom. The second-order valence-corrected chi connectivity index (χ2v) is 2.54. The number of amides is 1. The lowest BCUT2D eigenvalue weighted by Gasteiger charge is -1.98. The summed E-state index contributed by atoms with van der Waals surface area (Å²) in [4.78, 5) is 23.9. The number of carbonyl (C=O) groups is 1. The molecule has 0 aromatic carbocycles. The van der Waals surface area contributed by atoms with Gasteiger partial charge in [-0.3, -0.25) is 10.2 Å². The van der Waals surface area contributed by atoms with Gasteiger partial charge in [0.05, 0.1) is 0 Å². The normalized spacial score (nSPS) is 9.79. The number of imidazole rings is 1. The SMILES string of the molecule is NNC(=O)CCn1cnc([N+](=O)[O-])c1. The molecule has 0 aliphatic carbocycles. The van der Waals surface area contributed by atoms with Crippen LogP contribution in [0, 0.1) is 10.1 Å². The van der Waals surface area contributed by atoms with Gasteiger partial charge in [-0.2, -0.15) is 0 Å². The third-order valence-electron chi connectivity index (χ3n) is 1.56. The molecule has 1 heterocycles. The maximum atomic E-state index is 10.7. The molecule has 0 fully saturated rings. The van der Waals surface area contributed by atoms with E-state index < -0.39 is 4.92 Å². The minimum atomic E-state index is -0.598. The summed E-state index contributed by atoms with van der Waals surface area (Å²) in [7, 11) is 0. The highest BCUT2D eigenvalue weighted by Crippen LogP contribution is 2.05. The van der Waals surface area contributed by atoms with E-state index >= 15 is 0 Å². The number of carbonyl (C=O) groups excluding carboxylic acids is 1. The zero-order valence-corrected chi connectivity index (χ0v) is 7.21. The Balaban J connectivity index is 2.52. The molecule has 0 atom stereocenters. The molecule has 1 aromatic heterocycles. The summed E-state index contributed by atoms with van der Waals surface area (Å²) < 4.78 is 1.45. The summed E-state index contributed by atoms with van der Waals surface area (Å²) >= 11 is 0. The van der Waals surface area contributed by atoms with Gasteiger partial charge in [0.15, 0.2) is 0 Å². The average Bonchev–Trinajstić information content (AvgIpc) is 2.62. The van der Waals surface area contributed by atoms with E-state index in [1.807, 2.05) is 5.43 Å². The lowest BCUT2D eigenvalue weighted by atomic mass is 10.4. The molecule has 8 heteroatoms. The molecule has 0 aliphatic heterocycles. The van der Waals surface area contributed by atoms with Crippen molar-refractivity contribution in [3.05, 3.63) is 22.6 Å². The number of hydrazine groups is 1. The molecular formula is C6H9N5O3. The Kier molecular flexibility index (Phi) is 3.13. The van der Waals surface area contributed by atoms with Crippen LogP contribution in [-0.2, 0) is 11.3 Å². The summed E-state index contributed by atoms with van der Waals surface area (Å²) in [6.45, 7) is 0.309. The molecule has 0 spiro atoms. The van der Waals surface area contributed by atoms with Gasteiger partial charge >= 0.3 is 5.82 Å². The predicted octanol–water partition coefficient (Wildman–Crippen LogP) is -0.829. The Hall–Kier alpha value is -1.96. The van der Waals surface area contributed by atoms with Crippen LogP contribution in [0.4, 0.5) is 5.82 Å². The van der Waals surface area contributed by atoms with Crippen molar-refractivity contribution in [2.24, 2.45) is 5.84 Å². The van der Waals surface area contributed by atoms with E-state index in [4.69, 9.17) is 5.84 Å². The minimum Gasteiger partial charge on any atom is -0.358 e. The Morgan fingerprint density at radius 2 is 2.50 bits per heavy atom. The second kappa shape index (κ2) is 4.33. The van der Waals surface area contributed by atoms with Crippen LogP contribution >= 0.6 is 0 Å². The third kappa shape index (κ3) is 2.52. The number of nitrogens with one attached hydrogen (secondary N) is 1. The first kappa shape index (κ1) is 10.1. The van der Waals surface area contributed by atoms with Crippen LogP contribution in [-0.4, -0.2) is 20.4 Å². The lowest BCUT2D eigenvalue weighted by molar-refractivity contribution is -0.389. The average molecular weight is 199 g/mol. The van der Waals surface area contributed by atoms with Crippen molar-refractivity contribution >= 4 is 11.7 Å². The molecule has 76 valence electrons.